The van der Waals surface area contributed by atoms with Gasteiger partial charge in [-0.25, -0.2) is 0 Å². The lowest BCUT2D eigenvalue weighted by atomic mass is 9.91. The second-order valence-corrected chi connectivity index (χ2v) is 4.78. The topological polar surface area (TPSA) is 33.0 Å². The van der Waals surface area contributed by atoms with Crippen LogP contribution in [-0.4, -0.2) is 7.11 Å². The average Bonchev–Trinajstić information content (AvgIpc) is 2.29. The van der Waals surface area contributed by atoms with Crippen LogP contribution in [0.3, 0.4) is 0 Å². The van der Waals surface area contributed by atoms with Crippen molar-refractivity contribution in [2.45, 2.75) is 33.6 Å². The molecule has 0 saturated heterocycles. The van der Waals surface area contributed by atoms with Crippen LogP contribution in [0.15, 0.2) is 4.47 Å². The first-order valence-corrected chi connectivity index (χ1v) is 5.97. The molecule has 0 aromatic heterocycles. The van der Waals surface area contributed by atoms with Gasteiger partial charge in [0.2, 0.25) is 0 Å². The molecule has 3 heteroatoms. The fourth-order valence-corrected chi connectivity index (χ4v) is 2.47. The number of halogens is 1. The standard InChI is InChI=1S/C13H16BrNO/c1-7(6-15)11-10(4)12(14)8(2)9(3)13(11)16-5/h7H,1-5H3. The highest BCUT2D eigenvalue weighted by molar-refractivity contribution is 9.10. The smallest absolute Gasteiger partial charge is 0.126 e. The van der Waals surface area contributed by atoms with Gasteiger partial charge in [0.25, 0.3) is 0 Å². The Bertz CT molecular complexity index is 460. The van der Waals surface area contributed by atoms with Crippen molar-refractivity contribution in [1.82, 2.24) is 0 Å². The SMILES string of the molecule is COc1c(C)c(C)c(Br)c(C)c1C(C)C#N. The lowest BCUT2D eigenvalue weighted by Crippen LogP contribution is -2.04. The highest BCUT2D eigenvalue weighted by Crippen LogP contribution is 2.39. The summed E-state index contributed by atoms with van der Waals surface area (Å²) in [4.78, 5) is 0. The molecule has 0 radical (unpaired) electrons. The highest BCUT2D eigenvalue weighted by Gasteiger charge is 2.20. The molecule has 0 bridgehead atoms. The van der Waals surface area contributed by atoms with Gasteiger partial charge in [-0.3, -0.25) is 0 Å². The third-order valence-corrected chi connectivity index (χ3v) is 4.23. The van der Waals surface area contributed by atoms with Gasteiger partial charge in [0, 0.05) is 10.0 Å². The molecule has 0 fully saturated rings. The summed E-state index contributed by atoms with van der Waals surface area (Å²) in [5.74, 6) is 0.679. The Morgan fingerprint density at radius 3 is 2.19 bits per heavy atom. The van der Waals surface area contributed by atoms with Gasteiger partial charge < -0.3 is 4.74 Å². The molecule has 1 unspecified atom stereocenters. The molecule has 86 valence electrons. The molecule has 0 aliphatic carbocycles. The van der Waals surface area contributed by atoms with Crippen molar-refractivity contribution < 1.29 is 4.74 Å². The second kappa shape index (κ2) is 4.88. The maximum Gasteiger partial charge on any atom is 0.126 e. The van der Waals surface area contributed by atoms with E-state index in [1.165, 1.54) is 5.56 Å². The average molecular weight is 282 g/mol. The van der Waals surface area contributed by atoms with Crippen LogP contribution in [0.5, 0.6) is 5.75 Å². The third kappa shape index (κ3) is 1.94. The van der Waals surface area contributed by atoms with Crippen LogP contribution in [0, 0.1) is 32.1 Å². The van der Waals surface area contributed by atoms with Crippen molar-refractivity contribution >= 4 is 15.9 Å². The summed E-state index contributed by atoms with van der Waals surface area (Å²) in [6.07, 6.45) is 0. The molecule has 16 heavy (non-hydrogen) atoms. The van der Waals surface area contributed by atoms with E-state index in [0.717, 1.165) is 26.9 Å². The Morgan fingerprint density at radius 1 is 1.19 bits per heavy atom. The monoisotopic (exact) mass is 281 g/mol. The zero-order valence-corrected chi connectivity index (χ0v) is 11.9. The van der Waals surface area contributed by atoms with Gasteiger partial charge in [-0.2, -0.15) is 5.26 Å². The van der Waals surface area contributed by atoms with Crippen molar-refractivity contribution in [1.29, 1.82) is 5.26 Å². The summed E-state index contributed by atoms with van der Waals surface area (Å²) in [5, 5.41) is 9.06. The summed E-state index contributed by atoms with van der Waals surface area (Å²) in [7, 11) is 1.66. The zero-order chi connectivity index (χ0) is 12.5. The highest BCUT2D eigenvalue weighted by atomic mass is 79.9. The molecule has 0 N–H and O–H groups in total. The normalized spacial score (nSPS) is 12.1. The predicted octanol–water partition coefficient (Wildman–Crippen LogP) is 4.01. The Morgan fingerprint density at radius 2 is 1.75 bits per heavy atom. The Kier molecular flexibility index (Phi) is 3.98. The van der Waals surface area contributed by atoms with E-state index in [2.05, 4.69) is 28.9 Å². The minimum Gasteiger partial charge on any atom is -0.496 e. The number of rotatable bonds is 2. The first-order valence-electron chi connectivity index (χ1n) is 5.18. The first kappa shape index (κ1) is 13.1. The summed E-state index contributed by atoms with van der Waals surface area (Å²) in [6.45, 7) is 7.98. The van der Waals surface area contributed by atoms with Crippen LogP contribution in [0.25, 0.3) is 0 Å². The van der Waals surface area contributed by atoms with Gasteiger partial charge in [0.1, 0.15) is 5.75 Å². The van der Waals surface area contributed by atoms with Gasteiger partial charge in [-0.05, 0) is 44.4 Å². The molecule has 0 spiro atoms. The van der Waals surface area contributed by atoms with Crippen LogP contribution in [0.4, 0.5) is 0 Å². The molecule has 1 aromatic carbocycles. The lowest BCUT2D eigenvalue weighted by molar-refractivity contribution is 0.404. The number of nitrogens with zero attached hydrogens (tertiary/aromatic N) is 1. The van der Waals surface area contributed by atoms with Crippen LogP contribution in [0.1, 0.15) is 35.1 Å². The van der Waals surface area contributed by atoms with Crippen molar-refractivity contribution in [3.63, 3.8) is 0 Å². The zero-order valence-electron chi connectivity index (χ0n) is 10.3. The van der Waals surface area contributed by atoms with Gasteiger partial charge >= 0.3 is 0 Å². The fourth-order valence-electron chi connectivity index (χ4n) is 1.96. The summed E-state index contributed by atoms with van der Waals surface area (Å²) in [5.41, 5.74) is 4.34. The van der Waals surface area contributed by atoms with Crippen LogP contribution >= 0.6 is 15.9 Å². The van der Waals surface area contributed by atoms with E-state index in [-0.39, 0.29) is 5.92 Å². The predicted molar refractivity (Wildman–Crippen MR) is 68.9 cm³/mol. The van der Waals surface area contributed by atoms with Gasteiger partial charge in [0.15, 0.2) is 0 Å². The van der Waals surface area contributed by atoms with Gasteiger partial charge in [-0.1, -0.05) is 15.9 Å². The third-order valence-electron chi connectivity index (χ3n) is 3.04. The molecule has 1 atom stereocenters. The number of hydrogen-bond donors (Lipinski definition) is 0. The molecule has 1 aromatic rings. The minimum absolute atomic E-state index is 0.162. The largest absolute Gasteiger partial charge is 0.496 e. The molecular weight excluding hydrogens is 266 g/mol. The van der Waals surface area contributed by atoms with Crippen molar-refractivity contribution in [2.75, 3.05) is 7.11 Å². The number of benzene rings is 1. The van der Waals surface area contributed by atoms with Crippen LogP contribution in [0.2, 0.25) is 0 Å². The number of hydrogen-bond acceptors (Lipinski definition) is 2. The van der Waals surface area contributed by atoms with Crippen molar-refractivity contribution in [3.05, 3.63) is 26.7 Å². The summed E-state index contributed by atoms with van der Waals surface area (Å²) in [6, 6.07) is 2.27. The number of nitriles is 1. The maximum absolute atomic E-state index is 9.06. The van der Waals surface area contributed by atoms with E-state index in [1.54, 1.807) is 7.11 Å². The van der Waals surface area contributed by atoms with E-state index in [0.29, 0.717) is 0 Å². The van der Waals surface area contributed by atoms with E-state index in [4.69, 9.17) is 10.00 Å². The van der Waals surface area contributed by atoms with E-state index < -0.39 is 0 Å². The number of ether oxygens (including phenoxy) is 1. The summed E-state index contributed by atoms with van der Waals surface area (Å²) >= 11 is 3.58. The van der Waals surface area contributed by atoms with E-state index >= 15 is 0 Å². The van der Waals surface area contributed by atoms with Gasteiger partial charge in [-0.15, -0.1) is 0 Å². The Hall–Kier alpha value is -1.01. The number of methoxy groups -OCH3 is 1. The van der Waals surface area contributed by atoms with Crippen LogP contribution < -0.4 is 4.74 Å². The molecule has 1 rings (SSSR count). The fraction of sp³-hybridized carbons (Fsp3) is 0.462. The second-order valence-electron chi connectivity index (χ2n) is 3.99. The van der Waals surface area contributed by atoms with E-state index in [9.17, 15) is 0 Å². The summed E-state index contributed by atoms with van der Waals surface area (Å²) < 4.78 is 6.52. The Balaban J connectivity index is 3.65. The molecule has 0 saturated carbocycles. The molecular formula is C13H16BrNO. The lowest BCUT2D eigenvalue weighted by Gasteiger charge is -2.19. The quantitative estimate of drug-likeness (QED) is 0.821. The van der Waals surface area contributed by atoms with Crippen molar-refractivity contribution in [2.24, 2.45) is 0 Å². The molecule has 2 nitrogen and oxygen atoms in total. The molecule has 0 heterocycles. The van der Waals surface area contributed by atoms with Gasteiger partial charge in [0.05, 0.1) is 19.1 Å². The first-order chi connectivity index (χ1) is 7.45. The molecule has 0 aliphatic rings. The molecule has 0 aliphatic heterocycles. The molecule has 0 amide bonds. The van der Waals surface area contributed by atoms with E-state index in [1.807, 2.05) is 20.8 Å². The van der Waals surface area contributed by atoms with Crippen LogP contribution in [-0.2, 0) is 0 Å². The Labute approximate surface area is 105 Å². The maximum atomic E-state index is 9.06. The van der Waals surface area contributed by atoms with Crippen molar-refractivity contribution in [3.8, 4) is 11.8 Å². The minimum atomic E-state index is -0.162.